The van der Waals surface area contributed by atoms with E-state index >= 15 is 0 Å². The van der Waals surface area contributed by atoms with Crippen molar-refractivity contribution in [3.05, 3.63) is 46.8 Å². The molecule has 1 N–H and O–H groups in total. The van der Waals surface area contributed by atoms with Crippen molar-refractivity contribution < 1.29 is 22.7 Å². The molecule has 2 aromatic heterocycles. The number of ether oxygens (including phenoxy) is 2. The monoisotopic (exact) mass is 487 g/mol. The Labute approximate surface area is 195 Å². The fraction of sp³-hybridized carbons (Fsp3) is 0.238. The number of hydrogen-bond donors (Lipinski definition) is 1. The number of anilines is 1. The summed E-state index contributed by atoms with van der Waals surface area (Å²) in [5.74, 6) is 0.555. The molecule has 0 spiro atoms. The van der Waals surface area contributed by atoms with Gasteiger partial charge in [0, 0.05) is 35.2 Å². The van der Waals surface area contributed by atoms with Gasteiger partial charge in [0.05, 0.1) is 19.9 Å². The van der Waals surface area contributed by atoms with E-state index in [9.17, 15) is 18.5 Å². The number of amides is 1. The third kappa shape index (κ3) is 5.05. The minimum atomic E-state index is -3.60. The van der Waals surface area contributed by atoms with Gasteiger partial charge < -0.3 is 14.0 Å². The van der Waals surface area contributed by atoms with Crippen LogP contribution in [0.15, 0.2) is 35.0 Å². The van der Waals surface area contributed by atoms with E-state index in [1.54, 1.807) is 26.4 Å². The van der Waals surface area contributed by atoms with Crippen molar-refractivity contribution >= 4 is 38.5 Å². The Balaban J connectivity index is 1.97. The number of nitrogens with zero attached hydrogens (tertiary/aromatic N) is 4. The van der Waals surface area contributed by atoms with Crippen LogP contribution in [0.4, 0.5) is 5.13 Å². The standard InChI is InChI=1S/C21H21N5O5S2/c1-12-8-14(13(2)26(12)17-10-16(30-3)6-7-18(17)31-4)9-15(11-22)19(27)23-20-24-21(25-32-20)33(5,28)29/h6-10H,1-5H3,(H,23,24,25,27). The quantitative estimate of drug-likeness (QED) is 0.397. The van der Waals surface area contributed by atoms with Gasteiger partial charge in [-0.25, -0.2) is 8.42 Å². The van der Waals surface area contributed by atoms with E-state index in [1.807, 2.05) is 36.6 Å². The molecule has 12 heteroatoms. The number of methoxy groups -OCH3 is 2. The summed E-state index contributed by atoms with van der Waals surface area (Å²) >= 11 is 0.715. The number of rotatable bonds is 7. The number of hydrogen-bond acceptors (Lipinski definition) is 9. The average molecular weight is 488 g/mol. The van der Waals surface area contributed by atoms with E-state index in [4.69, 9.17) is 9.47 Å². The van der Waals surface area contributed by atoms with E-state index in [2.05, 4.69) is 14.7 Å². The van der Waals surface area contributed by atoms with Gasteiger partial charge in [0.15, 0.2) is 0 Å². The van der Waals surface area contributed by atoms with Gasteiger partial charge in [0.1, 0.15) is 23.1 Å². The van der Waals surface area contributed by atoms with Crippen molar-refractivity contribution in [2.24, 2.45) is 0 Å². The Bertz CT molecular complexity index is 1400. The van der Waals surface area contributed by atoms with Gasteiger partial charge >= 0.3 is 0 Å². The first-order chi connectivity index (χ1) is 15.6. The van der Waals surface area contributed by atoms with Crippen LogP contribution in [0.25, 0.3) is 11.8 Å². The predicted octanol–water partition coefficient (Wildman–Crippen LogP) is 2.91. The molecule has 0 unspecified atom stereocenters. The molecule has 0 fully saturated rings. The second-order valence-corrected chi connectivity index (χ2v) is 9.64. The van der Waals surface area contributed by atoms with Crippen molar-refractivity contribution in [1.29, 1.82) is 5.26 Å². The number of carbonyl (C=O) groups excluding carboxylic acids is 1. The number of nitriles is 1. The van der Waals surface area contributed by atoms with Crippen LogP contribution in [0.1, 0.15) is 17.0 Å². The minimum Gasteiger partial charge on any atom is -0.497 e. The van der Waals surface area contributed by atoms with Gasteiger partial charge in [0.2, 0.25) is 15.0 Å². The lowest BCUT2D eigenvalue weighted by atomic mass is 10.1. The smallest absolute Gasteiger partial charge is 0.268 e. The SMILES string of the molecule is COc1ccc(OC)c(-n2c(C)cc(C=C(C#N)C(=O)Nc3nc(S(C)(=O)=O)ns3)c2C)c1. The second kappa shape index (κ2) is 9.43. The van der Waals surface area contributed by atoms with E-state index in [1.165, 1.54) is 6.08 Å². The minimum absolute atomic E-state index is 0.0202. The molecular formula is C21H21N5O5S2. The Morgan fingerprint density at radius 2 is 1.97 bits per heavy atom. The average Bonchev–Trinajstić information content (AvgIpc) is 3.35. The third-order valence-electron chi connectivity index (χ3n) is 4.72. The zero-order valence-electron chi connectivity index (χ0n) is 18.5. The Kier molecular flexibility index (Phi) is 6.85. The molecule has 3 aromatic rings. The van der Waals surface area contributed by atoms with Gasteiger partial charge in [-0.2, -0.15) is 14.6 Å². The van der Waals surface area contributed by atoms with Crippen molar-refractivity contribution in [1.82, 2.24) is 13.9 Å². The third-order valence-corrected chi connectivity index (χ3v) is 6.31. The topological polar surface area (TPSA) is 136 Å². The van der Waals surface area contributed by atoms with Gasteiger partial charge in [-0.05, 0) is 43.7 Å². The molecule has 0 bridgehead atoms. The summed E-state index contributed by atoms with van der Waals surface area (Å²) in [6.45, 7) is 3.75. The van der Waals surface area contributed by atoms with Crippen LogP contribution < -0.4 is 14.8 Å². The molecule has 10 nitrogen and oxygen atoms in total. The summed E-state index contributed by atoms with van der Waals surface area (Å²) in [4.78, 5) is 16.4. The van der Waals surface area contributed by atoms with E-state index in [0.29, 0.717) is 28.6 Å². The molecule has 1 amide bonds. The van der Waals surface area contributed by atoms with E-state index in [-0.39, 0.29) is 15.9 Å². The number of aryl methyl sites for hydroxylation is 1. The predicted molar refractivity (Wildman–Crippen MR) is 124 cm³/mol. The first kappa shape index (κ1) is 24.0. The van der Waals surface area contributed by atoms with Crippen LogP contribution in [0.2, 0.25) is 0 Å². The van der Waals surface area contributed by atoms with Crippen molar-refractivity contribution in [3.8, 4) is 23.3 Å². The van der Waals surface area contributed by atoms with Crippen molar-refractivity contribution in [2.75, 3.05) is 25.8 Å². The van der Waals surface area contributed by atoms with E-state index < -0.39 is 15.7 Å². The number of aromatic nitrogens is 3. The van der Waals surface area contributed by atoms with Gasteiger partial charge in [-0.3, -0.25) is 10.1 Å². The molecule has 0 atom stereocenters. The van der Waals surface area contributed by atoms with Gasteiger partial charge in [-0.15, -0.1) is 0 Å². The number of carbonyl (C=O) groups is 1. The molecule has 2 heterocycles. The maximum atomic E-state index is 12.6. The number of benzene rings is 1. The molecule has 3 rings (SSSR count). The maximum absolute atomic E-state index is 12.6. The molecular weight excluding hydrogens is 466 g/mol. The van der Waals surface area contributed by atoms with E-state index in [0.717, 1.165) is 23.3 Å². The van der Waals surface area contributed by atoms with Gasteiger partial charge in [0.25, 0.3) is 11.1 Å². The molecule has 0 aliphatic heterocycles. The summed E-state index contributed by atoms with van der Waals surface area (Å²) in [6, 6.07) is 9.13. The highest BCUT2D eigenvalue weighted by molar-refractivity contribution is 7.90. The lowest BCUT2D eigenvalue weighted by Gasteiger charge is -2.15. The zero-order chi connectivity index (χ0) is 24.3. The lowest BCUT2D eigenvalue weighted by molar-refractivity contribution is -0.112. The summed E-state index contributed by atoms with van der Waals surface area (Å²) in [5, 5.41) is 11.6. The molecule has 1 aromatic carbocycles. The molecule has 0 aliphatic carbocycles. The lowest BCUT2D eigenvalue weighted by Crippen LogP contribution is -2.13. The first-order valence-corrected chi connectivity index (χ1v) is 12.1. The maximum Gasteiger partial charge on any atom is 0.268 e. The summed E-state index contributed by atoms with van der Waals surface area (Å²) in [5.41, 5.74) is 2.85. The number of nitrogens with one attached hydrogen (secondary N) is 1. The summed E-state index contributed by atoms with van der Waals surface area (Å²) < 4.78 is 39.5. The highest BCUT2D eigenvalue weighted by Crippen LogP contribution is 2.32. The summed E-state index contributed by atoms with van der Waals surface area (Å²) in [6.07, 6.45) is 2.42. The van der Waals surface area contributed by atoms with Crippen molar-refractivity contribution in [3.63, 3.8) is 0 Å². The van der Waals surface area contributed by atoms with Crippen LogP contribution in [0.3, 0.4) is 0 Å². The van der Waals surface area contributed by atoms with Crippen molar-refractivity contribution in [2.45, 2.75) is 19.0 Å². The zero-order valence-corrected chi connectivity index (χ0v) is 20.2. The molecule has 172 valence electrons. The van der Waals surface area contributed by atoms with Crippen LogP contribution >= 0.6 is 11.5 Å². The Morgan fingerprint density at radius 1 is 1.24 bits per heavy atom. The molecule has 0 aliphatic rings. The van der Waals surface area contributed by atoms with Gasteiger partial charge in [-0.1, -0.05) is 0 Å². The fourth-order valence-electron chi connectivity index (χ4n) is 3.16. The molecule has 33 heavy (non-hydrogen) atoms. The van der Waals surface area contributed by atoms with Crippen LogP contribution in [0.5, 0.6) is 11.5 Å². The Hall–Kier alpha value is -3.69. The Morgan fingerprint density at radius 3 is 2.55 bits per heavy atom. The summed E-state index contributed by atoms with van der Waals surface area (Å²) in [7, 11) is -0.458. The van der Waals surface area contributed by atoms with Crippen LogP contribution in [-0.2, 0) is 14.6 Å². The fourth-order valence-corrected chi connectivity index (χ4v) is 4.60. The molecule has 0 saturated carbocycles. The first-order valence-electron chi connectivity index (χ1n) is 9.47. The largest absolute Gasteiger partial charge is 0.497 e. The normalized spacial score (nSPS) is 11.7. The highest BCUT2D eigenvalue weighted by atomic mass is 32.2. The number of sulfone groups is 1. The molecule has 0 radical (unpaired) electrons. The van der Waals surface area contributed by atoms with Crippen LogP contribution in [0, 0.1) is 25.2 Å². The molecule has 0 saturated heterocycles. The highest BCUT2D eigenvalue weighted by Gasteiger charge is 2.19. The van der Waals surface area contributed by atoms with Crippen LogP contribution in [-0.4, -0.2) is 48.7 Å². The second-order valence-electron chi connectivity index (χ2n) is 6.98.